The Morgan fingerprint density at radius 1 is 0.963 bits per heavy atom. The van der Waals surface area contributed by atoms with Crippen molar-refractivity contribution in [3.63, 3.8) is 0 Å². The number of carbonyl (C=O) groups is 2. The molecule has 0 radical (unpaired) electrons. The maximum Gasteiger partial charge on any atom is 0.270 e. The number of non-ortho nitro benzene ring substituents is 1. The highest BCUT2D eigenvalue weighted by Gasteiger charge is 2.32. The molecule has 7 heteroatoms. The highest BCUT2D eigenvalue weighted by Crippen LogP contribution is 2.40. The molecule has 3 aromatic carbocycles. The van der Waals surface area contributed by atoms with E-state index < -0.39 is 10.8 Å². The van der Waals surface area contributed by atoms with Gasteiger partial charge in [0.1, 0.15) is 0 Å². The summed E-state index contributed by atoms with van der Waals surface area (Å²) in [5.41, 5.74) is 8.44. The molecular formula is C20H13N3O4. The van der Waals surface area contributed by atoms with E-state index >= 15 is 0 Å². The third-order valence-electron chi connectivity index (χ3n) is 4.49. The fraction of sp³-hybridized carbons (Fsp3) is 0. The molecule has 27 heavy (non-hydrogen) atoms. The molecule has 1 aliphatic carbocycles. The number of ketones is 1. The van der Waals surface area contributed by atoms with Gasteiger partial charge in [-0.3, -0.25) is 19.7 Å². The minimum Gasteiger partial charge on any atom is -0.397 e. The molecule has 0 fully saturated rings. The predicted octanol–water partition coefficient (Wildman–Crippen LogP) is 3.64. The average Bonchev–Trinajstić information content (AvgIpc) is 2.96. The van der Waals surface area contributed by atoms with Crippen LogP contribution in [0.3, 0.4) is 0 Å². The Balaban J connectivity index is 1.81. The molecule has 0 unspecified atom stereocenters. The molecule has 132 valence electrons. The first-order chi connectivity index (χ1) is 13.0. The summed E-state index contributed by atoms with van der Waals surface area (Å²) in [6, 6.07) is 15.8. The van der Waals surface area contributed by atoms with E-state index in [4.69, 9.17) is 5.73 Å². The van der Waals surface area contributed by atoms with Crippen LogP contribution in [0.15, 0.2) is 60.7 Å². The number of benzene rings is 3. The van der Waals surface area contributed by atoms with E-state index in [1.165, 1.54) is 18.2 Å². The maximum atomic E-state index is 12.8. The van der Waals surface area contributed by atoms with Crippen LogP contribution in [0.25, 0.3) is 11.1 Å². The van der Waals surface area contributed by atoms with Crippen LogP contribution in [0.5, 0.6) is 0 Å². The normalized spacial score (nSPS) is 11.6. The smallest absolute Gasteiger partial charge is 0.270 e. The van der Waals surface area contributed by atoms with Crippen LogP contribution in [0, 0.1) is 10.1 Å². The van der Waals surface area contributed by atoms with E-state index in [-0.39, 0.29) is 17.0 Å². The van der Waals surface area contributed by atoms with Crippen molar-refractivity contribution in [2.75, 3.05) is 11.1 Å². The number of anilines is 2. The Morgan fingerprint density at radius 3 is 2.48 bits per heavy atom. The van der Waals surface area contributed by atoms with Gasteiger partial charge in [-0.05, 0) is 29.8 Å². The molecule has 3 N–H and O–H groups in total. The van der Waals surface area contributed by atoms with Crippen molar-refractivity contribution in [2.45, 2.75) is 0 Å². The summed E-state index contributed by atoms with van der Waals surface area (Å²) in [4.78, 5) is 36.0. The quantitative estimate of drug-likeness (QED) is 0.329. The van der Waals surface area contributed by atoms with Gasteiger partial charge in [-0.15, -0.1) is 0 Å². The van der Waals surface area contributed by atoms with Crippen molar-refractivity contribution in [1.29, 1.82) is 0 Å². The molecule has 1 aliphatic rings. The number of para-hydroxylation sites is 2. The van der Waals surface area contributed by atoms with E-state index in [1.807, 2.05) is 0 Å². The molecule has 0 bridgehead atoms. The first-order valence-corrected chi connectivity index (χ1v) is 8.10. The molecule has 0 saturated heterocycles. The van der Waals surface area contributed by atoms with Crippen LogP contribution in [0.2, 0.25) is 0 Å². The molecule has 0 spiro atoms. The summed E-state index contributed by atoms with van der Waals surface area (Å²) >= 11 is 0. The molecule has 0 saturated carbocycles. The van der Waals surface area contributed by atoms with Crippen LogP contribution in [0.4, 0.5) is 17.1 Å². The molecule has 0 atom stereocenters. The summed E-state index contributed by atoms with van der Waals surface area (Å²) in [7, 11) is 0. The number of nitrogens with one attached hydrogen (secondary N) is 1. The zero-order chi connectivity index (χ0) is 19.1. The Hall–Kier alpha value is -4.00. The van der Waals surface area contributed by atoms with Gasteiger partial charge < -0.3 is 11.1 Å². The summed E-state index contributed by atoms with van der Waals surface area (Å²) in [5.74, 6) is -0.749. The van der Waals surface area contributed by atoms with Crippen molar-refractivity contribution in [3.8, 4) is 11.1 Å². The summed E-state index contributed by atoms with van der Waals surface area (Å²) < 4.78 is 0. The topological polar surface area (TPSA) is 115 Å². The van der Waals surface area contributed by atoms with Gasteiger partial charge in [-0.25, -0.2) is 0 Å². The third-order valence-corrected chi connectivity index (χ3v) is 4.49. The van der Waals surface area contributed by atoms with E-state index in [1.54, 1.807) is 42.5 Å². The van der Waals surface area contributed by atoms with Gasteiger partial charge in [0.2, 0.25) is 0 Å². The van der Waals surface area contributed by atoms with Crippen LogP contribution in [0.1, 0.15) is 26.3 Å². The van der Waals surface area contributed by atoms with Crippen molar-refractivity contribution >= 4 is 28.8 Å². The lowest BCUT2D eigenvalue weighted by Gasteiger charge is -2.11. The number of nitrogen functional groups attached to an aromatic ring is 1. The number of nitro groups is 1. The van der Waals surface area contributed by atoms with E-state index in [9.17, 15) is 19.7 Å². The minimum absolute atomic E-state index is 0.169. The third kappa shape index (κ3) is 2.62. The molecular weight excluding hydrogens is 346 g/mol. The highest BCUT2D eigenvalue weighted by atomic mass is 16.6. The lowest BCUT2D eigenvalue weighted by Crippen LogP contribution is -2.14. The number of fused-ring (bicyclic) bond motifs is 3. The van der Waals surface area contributed by atoms with Gasteiger partial charge >= 0.3 is 0 Å². The zero-order valence-electron chi connectivity index (χ0n) is 13.9. The summed E-state index contributed by atoms with van der Waals surface area (Å²) in [5, 5.41) is 13.8. The Labute approximate surface area is 153 Å². The Bertz CT molecular complexity index is 1140. The largest absolute Gasteiger partial charge is 0.397 e. The highest BCUT2D eigenvalue weighted by molar-refractivity contribution is 6.25. The van der Waals surface area contributed by atoms with Crippen LogP contribution < -0.4 is 11.1 Å². The van der Waals surface area contributed by atoms with Crippen molar-refractivity contribution in [3.05, 3.63) is 87.5 Å². The first-order valence-electron chi connectivity index (χ1n) is 8.10. The second-order valence-corrected chi connectivity index (χ2v) is 6.09. The number of nitro benzene ring substituents is 1. The van der Waals surface area contributed by atoms with Crippen molar-refractivity contribution in [1.82, 2.24) is 0 Å². The SMILES string of the molecule is Nc1ccccc1NC(=O)c1cccc2c1-c1ccc([N+](=O)[O-])cc1C2=O. The number of carbonyl (C=O) groups excluding carboxylic acids is 2. The Kier molecular flexibility index (Phi) is 3.70. The zero-order valence-corrected chi connectivity index (χ0v) is 13.9. The maximum absolute atomic E-state index is 12.8. The fourth-order valence-corrected chi connectivity index (χ4v) is 3.22. The second kappa shape index (κ2) is 6.06. The summed E-state index contributed by atoms with van der Waals surface area (Å²) in [6.07, 6.45) is 0. The molecule has 3 aromatic rings. The standard InChI is InChI=1S/C20H13N3O4/c21-16-6-1-2-7-17(16)22-20(25)14-5-3-4-13-18(14)12-9-8-11(23(26)27)10-15(12)19(13)24/h1-10H,21H2,(H,22,25). The predicted molar refractivity (Wildman–Crippen MR) is 101 cm³/mol. The lowest BCUT2D eigenvalue weighted by molar-refractivity contribution is -0.384. The number of hydrogen-bond acceptors (Lipinski definition) is 5. The number of rotatable bonds is 3. The van der Waals surface area contributed by atoms with E-state index in [0.29, 0.717) is 33.6 Å². The van der Waals surface area contributed by atoms with Gasteiger partial charge in [-0.1, -0.05) is 24.3 Å². The van der Waals surface area contributed by atoms with E-state index in [2.05, 4.69) is 5.32 Å². The number of nitrogens with two attached hydrogens (primary N) is 1. The number of nitrogens with zero attached hydrogens (tertiary/aromatic N) is 1. The fourth-order valence-electron chi connectivity index (χ4n) is 3.22. The van der Waals surface area contributed by atoms with Gasteiger partial charge in [0.05, 0.1) is 16.3 Å². The van der Waals surface area contributed by atoms with Crippen LogP contribution in [-0.4, -0.2) is 16.6 Å². The average molecular weight is 359 g/mol. The first kappa shape index (κ1) is 16.5. The molecule has 0 aromatic heterocycles. The molecule has 0 aliphatic heterocycles. The van der Waals surface area contributed by atoms with Crippen LogP contribution in [-0.2, 0) is 0 Å². The van der Waals surface area contributed by atoms with Crippen LogP contribution >= 0.6 is 0 Å². The Morgan fingerprint density at radius 2 is 1.74 bits per heavy atom. The molecule has 1 amide bonds. The molecule has 4 rings (SSSR count). The van der Waals surface area contributed by atoms with Crippen molar-refractivity contribution < 1.29 is 14.5 Å². The van der Waals surface area contributed by atoms with E-state index in [0.717, 1.165) is 0 Å². The van der Waals surface area contributed by atoms with Crippen molar-refractivity contribution in [2.24, 2.45) is 0 Å². The van der Waals surface area contributed by atoms with Gasteiger partial charge in [0.15, 0.2) is 5.78 Å². The number of amides is 1. The van der Waals surface area contributed by atoms with Gasteiger partial charge in [-0.2, -0.15) is 0 Å². The molecule has 0 heterocycles. The monoisotopic (exact) mass is 359 g/mol. The van der Waals surface area contributed by atoms with Gasteiger partial charge in [0, 0.05) is 34.4 Å². The molecule has 7 nitrogen and oxygen atoms in total. The number of hydrogen-bond donors (Lipinski definition) is 2. The second-order valence-electron chi connectivity index (χ2n) is 6.09. The minimum atomic E-state index is -0.553. The van der Waals surface area contributed by atoms with Gasteiger partial charge in [0.25, 0.3) is 11.6 Å². The lowest BCUT2D eigenvalue weighted by atomic mass is 9.98. The summed E-state index contributed by atoms with van der Waals surface area (Å²) in [6.45, 7) is 0.